The van der Waals surface area contributed by atoms with Crippen LogP contribution >= 0.6 is 0 Å². The predicted molar refractivity (Wildman–Crippen MR) is 72.4 cm³/mol. The Morgan fingerprint density at radius 2 is 2.15 bits per heavy atom. The number of nitrogens with zero attached hydrogens (tertiary/aromatic N) is 3. The van der Waals surface area contributed by atoms with E-state index >= 15 is 0 Å². The van der Waals surface area contributed by atoms with Gasteiger partial charge in [-0.2, -0.15) is 4.98 Å². The first-order chi connectivity index (χ1) is 9.63. The molecule has 2 heterocycles. The number of rotatable bonds is 3. The number of hydrogen-bond acceptors (Lipinski definition) is 5. The van der Waals surface area contributed by atoms with Gasteiger partial charge in [0.25, 0.3) is 0 Å². The van der Waals surface area contributed by atoms with Gasteiger partial charge in [0.2, 0.25) is 5.82 Å². The van der Waals surface area contributed by atoms with E-state index in [1.807, 2.05) is 36.1 Å². The Bertz CT molecular complexity index is 621. The summed E-state index contributed by atoms with van der Waals surface area (Å²) < 4.78 is 5.23. The molecule has 3 rings (SSSR count). The average molecular weight is 273 g/mol. The van der Waals surface area contributed by atoms with E-state index in [0.717, 1.165) is 5.56 Å². The quantitative estimate of drug-likeness (QED) is 0.920. The first-order valence-corrected chi connectivity index (χ1v) is 6.52. The van der Waals surface area contributed by atoms with E-state index in [-0.39, 0.29) is 5.92 Å². The molecule has 0 spiro atoms. The smallest absolute Gasteiger partial charge is 0.324 e. The number of carbonyl (C=O) groups is 1. The lowest BCUT2D eigenvalue weighted by atomic mass is 10.1. The van der Waals surface area contributed by atoms with E-state index in [9.17, 15) is 4.79 Å². The van der Waals surface area contributed by atoms with Crippen molar-refractivity contribution in [1.82, 2.24) is 10.1 Å². The highest BCUT2D eigenvalue weighted by molar-refractivity contribution is 5.71. The molecule has 2 aromatic rings. The van der Waals surface area contributed by atoms with E-state index < -0.39 is 5.97 Å². The van der Waals surface area contributed by atoms with Gasteiger partial charge in [-0.1, -0.05) is 35.0 Å². The van der Waals surface area contributed by atoms with E-state index in [2.05, 4.69) is 10.1 Å². The Kier molecular flexibility index (Phi) is 3.14. The van der Waals surface area contributed by atoms with Gasteiger partial charge in [0.05, 0.1) is 5.92 Å². The molecule has 0 saturated carbocycles. The lowest BCUT2D eigenvalue weighted by Crippen LogP contribution is -2.22. The Balaban J connectivity index is 1.77. The molecule has 1 N–H and O–H groups in total. The number of benzene rings is 1. The highest BCUT2D eigenvalue weighted by Crippen LogP contribution is 2.25. The fourth-order valence-electron chi connectivity index (χ4n) is 2.30. The van der Waals surface area contributed by atoms with Crippen molar-refractivity contribution in [3.63, 3.8) is 0 Å². The highest BCUT2D eigenvalue weighted by Gasteiger charge is 2.30. The predicted octanol–water partition coefficient (Wildman–Crippen LogP) is 1.96. The van der Waals surface area contributed by atoms with Gasteiger partial charge < -0.3 is 14.5 Å². The van der Waals surface area contributed by atoms with Crippen LogP contribution in [0.4, 0.5) is 6.01 Å². The van der Waals surface area contributed by atoms with Crippen LogP contribution in [0.5, 0.6) is 0 Å². The van der Waals surface area contributed by atoms with Gasteiger partial charge in [-0.25, -0.2) is 0 Å². The summed E-state index contributed by atoms with van der Waals surface area (Å²) >= 11 is 0. The van der Waals surface area contributed by atoms with Crippen molar-refractivity contribution in [2.24, 2.45) is 5.92 Å². The summed E-state index contributed by atoms with van der Waals surface area (Å²) in [7, 11) is 0. The third-order valence-corrected chi connectivity index (χ3v) is 3.53. The Hall–Kier alpha value is -2.37. The third kappa shape index (κ3) is 2.36. The molecule has 0 amide bonds. The number of hydrogen-bond donors (Lipinski definition) is 1. The van der Waals surface area contributed by atoms with Crippen molar-refractivity contribution in [2.45, 2.75) is 13.3 Å². The van der Waals surface area contributed by atoms with Gasteiger partial charge in [0.1, 0.15) is 0 Å². The SMILES string of the molecule is Cc1ccc(-c2noc(N3CCC(C(=O)O)C3)n2)cc1. The second-order valence-electron chi connectivity index (χ2n) is 5.04. The lowest BCUT2D eigenvalue weighted by Gasteiger charge is -2.10. The van der Waals surface area contributed by atoms with Gasteiger partial charge in [0, 0.05) is 18.7 Å². The van der Waals surface area contributed by atoms with Crippen LogP contribution in [0.1, 0.15) is 12.0 Å². The molecule has 1 aliphatic rings. The second kappa shape index (κ2) is 4.96. The van der Waals surface area contributed by atoms with Gasteiger partial charge in [-0.05, 0) is 13.3 Å². The molecule has 1 saturated heterocycles. The van der Waals surface area contributed by atoms with Crippen molar-refractivity contribution in [3.05, 3.63) is 29.8 Å². The van der Waals surface area contributed by atoms with Crippen molar-refractivity contribution in [3.8, 4) is 11.4 Å². The van der Waals surface area contributed by atoms with Gasteiger partial charge in [-0.3, -0.25) is 4.79 Å². The number of aryl methyl sites for hydroxylation is 1. The normalized spacial score (nSPS) is 18.4. The summed E-state index contributed by atoms with van der Waals surface area (Å²) in [4.78, 5) is 17.1. The first-order valence-electron chi connectivity index (χ1n) is 6.52. The monoisotopic (exact) mass is 273 g/mol. The molecule has 20 heavy (non-hydrogen) atoms. The van der Waals surface area contributed by atoms with Crippen LogP contribution in [0.3, 0.4) is 0 Å². The first kappa shape index (κ1) is 12.7. The topological polar surface area (TPSA) is 79.5 Å². The van der Waals surface area contributed by atoms with Crippen LogP contribution in [0, 0.1) is 12.8 Å². The zero-order chi connectivity index (χ0) is 14.1. The molecular formula is C14H15N3O3. The van der Waals surface area contributed by atoms with Crippen molar-refractivity contribution in [2.75, 3.05) is 18.0 Å². The second-order valence-corrected chi connectivity index (χ2v) is 5.04. The minimum atomic E-state index is -0.772. The fraction of sp³-hybridized carbons (Fsp3) is 0.357. The summed E-state index contributed by atoms with van der Waals surface area (Å²) in [6.07, 6.45) is 0.609. The summed E-state index contributed by atoms with van der Waals surface area (Å²) in [5, 5.41) is 12.9. The van der Waals surface area contributed by atoms with E-state index in [1.165, 1.54) is 5.56 Å². The zero-order valence-corrected chi connectivity index (χ0v) is 11.1. The van der Waals surface area contributed by atoms with Crippen LogP contribution in [-0.4, -0.2) is 34.3 Å². The Morgan fingerprint density at radius 3 is 2.80 bits per heavy atom. The highest BCUT2D eigenvalue weighted by atomic mass is 16.5. The summed E-state index contributed by atoms with van der Waals surface area (Å²) in [5.74, 6) is -0.603. The summed E-state index contributed by atoms with van der Waals surface area (Å²) in [6, 6.07) is 8.25. The molecular weight excluding hydrogens is 258 g/mol. The maximum Gasteiger partial charge on any atom is 0.324 e. The molecule has 6 nitrogen and oxygen atoms in total. The van der Waals surface area contributed by atoms with Crippen LogP contribution in [-0.2, 0) is 4.79 Å². The van der Waals surface area contributed by atoms with Crippen LogP contribution < -0.4 is 4.90 Å². The van der Waals surface area contributed by atoms with Crippen LogP contribution in [0.25, 0.3) is 11.4 Å². The minimum absolute atomic E-state index is 0.357. The van der Waals surface area contributed by atoms with E-state index in [1.54, 1.807) is 0 Å². The molecule has 1 aromatic carbocycles. The average Bonchev–Trinajstić information content (AvgIpc) is 3.08. The number of carboxylic acids is 1. The maximum absolute atomic E-state index is 10.9. The van der Waals surface area contributed by atoms with E-state index in [0.29, 0.717) is 31.3 Å². The largest absolute Gasteiger partial charge is 0.481 e. The maximum atomic E-state index is 10.9. The van der Waals surface area contributed by atoms with Crippen molar-refractivity contribution >= 4 is 12.0 Å². The zero-order valence-electron chi connectivity index (χ0n) is 11.1. The molecule has 1 aliphatic heterocycles. The van der Waals surface area contributed by atoms with Crippen molar-refractivity contribution < 1.29 is 14.4 Å². The summed E-state index contributed by atoms with van der Waals surface area (Å²) in [5.41, 5.74) is 2.06. The van der Waals surface area contributed by atoms with Gasteiger partial charge in [0.15, 0.2) is 0 Å². The Labute approximate surface area is 116 Å². The number of aliphatic carboxylic acids is 1. The summed E-state index contributed by atoms with van der Waals surface area (Å²) in [6.45, 7) is 3.07. The number of carboxylic acid groups (broad SMARTS) is 1. The molecule has 1 fully saturated rings. The van der Waals surface area contributed by atoms with Gasteiger partial charge in [-0.15, -0.1) is 0 Å². The lowest BCUT2D eigenvalue weighted by molar-refractivity contribution is -0.140. The Morgan fingerprint density at radius 1 is 1.40 bits per heavy atom. The third-order valence-electron chi connectivity index (χ3n) is 3.53. The number of anilines is 1. The number of aromatic nitrogens is 2. The molecule has 0 aliphatic carbocycles. The molecule has 6 heteroatoms. The molecule has 1 unspecified atom stereocenters. The minimum Gasteiger partial charge on any atom is -0.481 e. The molecule has 0 radical (unpaired) electrons. The molecule has 104 valence electrons. The fourth-order valence-corrected chi connectivity index (χ4v) is 2.30. The van der Waals surface area contributed by atoms with Gasteiger partial charge >= 0.3 is 12.0 Å². The standard InChI is InChI=1S/C14H15N3O3/c1-9-2-4-10(5-3-9)12-15-14(20-16-12)17-7-6-11(8-17)13(18)19/h2-5,11H,6-8H2,1H3,(H,18,19). The van der Waals surface area contributed by atoms with Crippen molar-refractivity contribution in [1.29, 1.82) is 0 Å². The van der Waals surface area contributed by atoms with Crippen LogP contribution in [0.2, 0.25) is 0 Å². The molecule has 0 bridgehead atoms. The van der Waals surface area contributed by atoms with E-state index in [4.69, 9.17) is 9.63 Å². The van der Waals surface area contributed by atoms with Crippen LogP contribution in [0.15, 0.2) is 28.8 Å². The molecule has 1 aromatic heterocycles. The molecule has 1 atom stereocenters.